The van der Waals surface area contributed by atoms with Gasteiger partial charge in [-0.2, -0.15) is 0 Å². The minimum absolute atomic E-state index is 0. The Labute approximate surface area is 107 Å². The van der Waals surface area contributed by atoms with Gasteiger partial charge in [0.05, 0.1) is 9.28 Å². The number of hydrogen-bond donors (Lipinski definition) is 3. The van der Waals surface area contributed by atoms with Gasteiger partial charge in [-0.15, -0.1) is 0 Å². The monoisotopic (exact) mass is 338 g/mol. The zero-order valence-corrected chi connectivity index (χ0v) is 11.0. The van der Waals surface area contributed by atoms with Gasteiger partial charge >= 0.3 is 0 Å². The van der Waals surface area contributed by atoms with E-state index in [9.17, 15) is 5.11 Å². The van der Waals surface area contributed by atoms with Crippen molar-refractivity contribution in [1.29, 1.82) is 0 Å². The molecule has 0 saturated heterocycles. The Morgan fingerprint density at radius 1 is 1.50 bits per heavy atom. The maximum absolute atomic E-state index is 9.66. The first kappa shape index (κ1) is 15.1. The smallest absolute Gasteiger partial charge is 0.133 e. The molecule has 0 aromatic heterocycles. The van der Waals surface area contributed by atoms with Crippen molar-refractivity contribution in [3.8, 4) is 5.75 Å². The van der Waals surface area contributed by atoms with E-state index in [2.05, 4.69) is 5.16 Å². The van der Waals surface area contributed by atoms with E-state index in [1.807, 2.05) is 29.5 Å². The SMILES string of the molecule is CCC(=NO)c1cc(I)c(O)c(CN)c1.O. The highest BCUT2D eigenvalue weighted by atomic mass is 127. The normalized spacial score (nSPS) is 11.1. The fraction of sp³-hybridized carbons (Fsp3) is 0.300. The molecule has 0 bridgehead atoms. The maximum atomic E-state index is 9.66. The van der Waals surface area contributed by atoms with E-state index >= 15 is 0 Å². The Bertz CT molecular complexity index is 394. The molecule has 0 atom stereocenters. The lowest BCUT2D eigenvalue weighted by molar-refractivity contribution is 0.318. The molecule has 1 aromatic carbocycles. The molecule has 0 unspecified atom stereocenters. The molecule has 6 heteroatoms. The minimum Gasteiger partial charge on any atom is -0.507 e. The topological polar surface area (TPSA) is 110 Å². The van der Waals surface area contributed by atoms with Crippen molar-refractivity contribution in [2.75, 3.05) is 0 Å². The molecular formula is C10H15IN2O3. The number of halogens is 1. The van der Waals surface area contributed by atoms with Gasteiger partial charge in [-0.3, -0.25) is 0 Å². The van der Waals surface area contributed by atoms with Gasteiger partial charge in [0.2, 0.25) is 0 Å². The third-order valence-electron chi connectivity index (χ3n) is 2.15. The first-order chi connectivity index (χ1) is 7.13. The van der Waals surface area contributed by atoms with Crippen LogP contribution < -0.4 is 5.73 Å². The van der Waals surface area contributed by atoms with Crippen molar-refractivity contribution in [1.82, 2.24) is 0 Å². The first-order valence-electron chi connectivity index (χ1n) is 4.56. The number of phenols is 1. The van der Waals surface area contributed by atoms with E-state index in [-0.39, 0.29) is 17.8 Å². The molecule has 16 heavy (non-hydrogen) atoms. The summed E-state index contributed by atoms with van der Waals surface area (Å²) >= 11 is 2.02. The van der Waals surface area contributed by atoms with Crippen LogP contribution in [-0.4, -0.2) is 21.5 Å². The van der Waals surface area contributed by atoms with Crippen LogP contribution in [0.1, 0.15) is 24.5 Å². The van der Waals surface area contributed by atoms with Crippen molar-refractivity contribution in [3.05, 3.63) is 26.8 Å². The molecule has 0 aliphatic carbocycles. The predicted molar refractivity (Wildman–Crippen MR) is 70.9 cm³/mol. The highest BCUT2D eigenvalue weighted by Crippen LogP contribution is 2.26. The van der Waals surface area contributed by atoms with Gasteiger partial charge in [-0.05, 0) is 41.1 Å². The second-order valence-electron chi connectivity index (χ2n) is 3.07. The number of rotatable bonds is 3. The maximum Gasteiger partial charge on any atom is 0.133 e. The van der Waals surface area contributed by atoms with Crippen molar-refractivity contribution in [2.45, 2.75) is 19.9 Å². The summed E-state index contributed by atoms with van der Waals surface area (Å²) in [5.74, 6) is 0.204. The van der Waals surface area contributed by atoms with E-state index in [1.165, 1.54) is 0 Å². The van der Waals surface area contributed by atoms with Gasteiger partial charge in [-0.25, -0.2) is 0 Å². The first-order valence-corrected chi connectivity index (χ1v) is 5.64. The lowest BCUT2D eigenvalue weighted by Gasteiger charge is -2.08. The lowest BCUT2D eigenvalue weighted by Crippen LogP contribution is -2.04. The summed E-state index contributed by atoms with van der Waals surface area (Å²) in [6, 6.07) is 3.52. The number of phenolic OH excluding ortho intramolecular Hbond substituents is 1. The summed E-state index contributed by atoms with van der Waals surface area (Å²) in [6.45, 7) is 2.16. The van der Waals surface area contributed by atoms with Gasteiger partial charge in [0, 0.05) is 17.7 Å². The number of oxime groups is 1. The molecular weight excluding hydrogens is 323 g/mol. The number of aromatic hydroxyl groups is 1. The van der Waals surface area contributed by atoms with E-state index in [0.717, 1.165) is 5.56 Å². The highest BCUT2D eigenvalue weighted by Gasteiger charge is 2.10. The summed E-state index contributed by atoms with van der Waals surface area (Å²) in [6.07, 6.45) is 0.626. The molecule has 1 aromatic rings. The zero-order chi connectivity index (χ0) is 11.4. The van der Waals surface area contributed by atoms with Crippen LogP contribution >= 0.6 is 22.6 Å². The molecule has 0 fully saturated rings. The number of nitrogens with two attached hydrogens (primary N) is 1. The van der Waals surface area contributed by atoms with Crippen molar-refractivity contribution in [2.24, 2.45) is 10.9 Å². The number of hydrogen-bond acceptors (Lipinski definition) is 4. The number of benzene rings is 1. The molecule has 0 heterocycles. The summed E-state index contributed by atoms with van der Waals surface area (Å²) < 4.78 is 0.708. The summed E-state index contributed by atoms with van der Waals surface area (Å²) in [5, 5.41) is 21.7. The van der Waals surface area contributed by atoms with Crippen molar-refractivity contribution < 1.29 is 15.8 Å². The molecule has 90 valence electrons. The molecule has 0 radical (unpaired) electrons. The van der Waals surface area contributed by atoms with Crippen LogP contribution in [0.4, 0.5) is 0 Å². The van der Waals surface area contributed by atoms with Crippen LogP contribution in [-0.2, 0) is 6.54 Å². The Morgan fingerprint density at radius 3 is 2.56 bits per heavy atom. The predicted octanol–water partition coefficient (Wildman–Crippen LogP) is 1.22. The zero-order valence-electron chi connectivity index (χ0n) is 8.87. The lowest BCUT2D eigenvalue weighted by atomic mass is 10.0. The van der Waals surface area contributed by atoms with Crippen LogP contribution in [0.2, 0.25) is 0 Å². The molecule has 1 rings (SSSR count). The van der Waals surface area contributed by atoms with E-state index in [0.29, 0.717) is 21.3 Å². The van der Waals surface area contributed by atoms with Crippen LogP contribution in [0, 0.1) is 3.57 Å². The third kappa shape index (κ3) is 3.06. The van der Waals surface area contributed by atoms with Gasteiger partial charge in [0.1, 0.15) is 5.75 Å². The van der Waals surface area contributed by atoms with Gasteiger partial charge in [0.15, 0.2) is 0 Å². The minimum atomic E-state index is 0. The standard InChI is InChI=1S/C10H13IN2O2.H2O/c1-2-9(13-15)6-3-7(5-12)10(14)8(11)4-6;/h3-4,14-15H,2,5,12H2,1H3;1H2. The van der Waals surface area contributed by atoms with E-state index < -0.39 is 0 Å². The molecule has 0 aliphatic heterocycles. The van der Waals surface area contributed by atoms with Crippen LogP contribution in [0.5, 0.6) is 5.75 Å². The Morgan fingerprint density at radius 2 is 2.12 bits per heavy atom. The molecule has 5 nitrogen and oxygen atoms in total. The fourth-order valence-electron chi connectivity index (χ4n) is 1.31. The molecule has 0 saturated carbocycles. The molecule has 0 aliphatic rings. The largest absolute Gasteiger partial charge is 0.507 e. The third-order valence-corrected chi connectivity index (χ3v) is 2.97. The van der Waals surface area contributed by atoms with Gasteiger partial charge in [0.25, 0.3) is 0 Å². The van der Waals surface area contributed by atoms with Crippen molar-refractivity contribution in [3.63, 3.8) is 0 Å². The average Bonchev–Trinajstić information content (AvgIpc) is 2.24. The fourth-order valence-corrected chi connectivity index (χ4v) is 1.99. The highest BCUT2D eigenvalue weighted by molar-refractivity contribution is 14.1. The molecule has 0 spiro atoms. The molecule has 0 amide bonds. The van der Waals surface area contributed by atoms with Gasteiger partial charge < -0.3 is 21.5 Å². The molecule has 6 N–H and O–H groups in total. The summed E-state index contributed by atoms with van der Waals surface area (Å²) in [7, 11) is 0. The second-order valence-corrected chi connectivity index (χ2v) is 4.23. The van der Waals surface area contributed by atoms with Crippen LogP contribution in [0.25, 0.3) is 0 Å². The average molecular weight is 338 g/mol. The Balaban J connectivity index is 0.00000225. The Hall–Kier alpha value is -0.860. The van der Waals surface area contributed by atoms with Crippen LogP contribution in [0.3, 0.4) is 0 Å². The second kappa shape index (κ2) is 6.66. The van der Waals surface area contributed by atoms with Gasteiger partial charge in [-0.1, -0.05) is 12.1 Å². The Kier molecular flexibility index (Phi) is 6.31. The van der Waals surface area contributed by atoms with E-state index in [1.54, 1.807) is 12.1 Å². The number of nitrogens with zero attached hydrogens (tertiary/aromatic N) is 1. The quantitative estimate of drug-likeness (QED) is 0.333. The van der Waals surface area contributed by atoms with Crippen LogP contribution in [0.15, 0.2) is 17.3 Å². The summed E-state index contributed by atoms with van der Waals surface area (Å²) in [4.78, 5) is 0. The van der Waals surface area contributed by atoms with E-state index in [4.69, 9.17) is 10.9 Å². The van der Waals surface area contributed by atoms with Crippen molar-refractivity contribution >= 4 is 28.3 Å². The summed E-state index contributed by atoms with van der Waals surface area (Å²) in [5.41, 5.74) is 7.54.